The number of hydrogen-bond donors (Lipinski definition) is 1. The van der Waals surface area contributed by atoms with Gasteiger partial charge in [-0.1, -0.05) is 26.0 Å². The topological polar surface area (TPSA) is 92.8 Å². The molecule has 4 aromatic heterocycles. The van der Waals surface area contributed by atoms with E-state index in [-0.39, 0.29) is 5.91 Å². The van der Waals surface area contributed by atoms with Gasteiger partial charge in [-0.2, -0.15) is 5.10 Å². The molecule has 2 atom stereocenters. The third-order valence-electron chi connectivity index (χ3n) is 8.90. The molecular weight excluding hydrogens is 552 g/mol. The number of aryl methyl sites for hydroxylation is 1. The van der Waals surface area contributed by atoms with E-state index in [1.807, 2.05) is 54.2 Å². The summed E-state index contributed by atoms with van der Waals surface area (Å²) in [4.78, 5) is 27.7. The molecule has 0 aliphatic carbocycles. The Morgan fingerprint density at radius 1 is 1.16 bits per heavy atom. The molecule has 0 spiro atoms. The average Bonchev–Trinajstić information content (AvgIpc) is 3.59. The van der Waals surface area contributed by atoms with E-state index in [0.717, 1.165) is 66.3 Å². The second-order valence-electron chi connectivity index (χ2n) is 12.0. The molecule has 1 fully saturated rings. The molecule has 2 unspecified atom stereocenters. The number of rotatable bonds is 10. The van der Waals surface area contributed by atoms with E-state index in [1.165, 1.54) is 0 Å². The van der Waals surface area contributed by atoms with Crippen molar-refractivity contribution in [2.45, 2.75) is 52.6 Å². The summed E-state index contributed by atoms with van der Waals surface area (Å²) in [6.07, 6.45) is 4.49. The maximum Gasteiger partial charge on any atom is 0.274 e. The number of fused-ring (bicyclic) bond motifs is 2. The van der Waals surface area contributed by atoms with Gasteiger partial charge in [0.1, 0.15) is 23.7 Å². The third kappa shape index (κ3) is 6.18. The van der Waals surface area contributed by atoms with Gasteiger partial charge in [-0.05, 0) is 63.6 Å². The highest BCUT2D eigenvalue weighted by molar-refractivity contribution is 6.08. The number of hydrogen-bond acceptors (Lipinski definition) is 7. The van der Waals surface area contributed by atoms with Gasteiger partial charge in [0.2, 0.25) is 0 Å². The fraction of sp³-hybridized carbons (Fsp3) is 0.412. The normalized spacial score (nSPS) is 16.9. The zero-order valence-corrected chi connectivity index (χ0v) is 26.3. The highest BCUT2D eigenvalue weighted by atomic mass is 16.5. The molecule has 5 heterocycles. The van der Waals surface area contributed by atoms with Crippen LogP contribution >= 0.6 is 0 Å². The van der Waals surface area contributed by atoms with Crippen LogP contribution in [0.1, 0.15) is 60.7 Å². The van der Waals surface area contributed by atoms with E-state index < -0.39 is 0 Å². The van der Waals surface area contributed by atoms with Crippen LogP contribution in [-0.2, 0) is 6.54 Å². The van der Waals surface area contributed by atoms with E-state index in [2.05, 4.69) is 60.1 Å². The summed E-state index contributed by atoms with van der Waals surface area (Å²) in [6.45, 7) is 13.8. The maximum absolute atomic E-state index is 13.5. The highest BCUT2D eigenvalue weighted by Crippen LogP contribution is 2.28. The first kappa shape index (κ1) is 29.8. The molecule has 1 N–H and O–H groups in total. The van der Waals surface area contributed by atoms with Gasteiger partial charge in [0, 0.05) is 55.6 Å². The molecular formula is C34H42N8O2. The zero-order valence-electron chi connectivity index (χ0n) is 26.3. The molecule has 1 amide bonds. The number of piperazine rings is 1. The van der Waals surface area contributed by atoms with E-state index in [1.54, 1.807) is 10.6 Å². The summed E-state index contributed by atoms with van der Waals surface area (Å²) in [7, 11) is 2.18. The first-order valence-electron chi connectivity index (χ1n) is 15.6. The lowest BCUT2D eigenvalue weighted by molar-refractivity contribution is 0.0928. The van der Waals surface area contributed by atoms with Crippen LogP contribution in [0.4, 0.5) is 5.69 Å². The van der Waals surface area contributed by atoms with Gasteiger partial charge in [-0.25, -0.2) is 4.98 Å². The molecule has 0 saturated carbocycles. The van der Waals surface area contributed by atoms with Gasteiger partial charge in [0.25, 0.3) is 5.91 Å². The predicted octanol–water partition coefficient (Wildman–Crippen LogP) is 5.22. The Labute approximate surface area is 258 Å². The lowest BCUT2D eigenvalue weighted by Gasteiger charge is -2.37. The van der Waals surface area contributed by atoms with E-state index >= 15 is 0 Å². The second-order valence-corrected chi connectivity index (χ2v) is 12.0. The number of likely N-dealkylation sites (N-methyl/N-ethyl adjacent to an activating group) is 1. The van der Waals surface area contributed by atoms with Gasteiger partial charge < -0.3 is 15.0 Å². The van der Waals surface area contributed by atoms with Crippen LogP contribution in [0.15, 0.2) is 60.9 Å². The summed E-state index contributed by atoms with van der Waals surface area (Å²) in [5.74, 6) is 0.912. The molecule has 10 nitrogen and oxygen atoms in total. The molecule has 6 rings (SSSR count). The number of amides is 1. The summed E-state index contributed by atoms with van der Waals surface area (Å²) in [5.41, 5.74) is 5.68. The lowest BCUT2D eigenvalue weighted by atomic mass is 10.0. The Morgan fingerprint density at radius 2 is 2.00 bits per heavy atom. The SMILES string of the molecule is CCC(C)c1cccc(Cn2nc(C)c3c(NC(=O)c4cnc5cc(OCCN6CCN(C)C(C)C6)ccn45)cccc32)n1. The Hall–Kier alpha value is -4.28. The minimum absolute atomic E-state index is 0.238. The quantitative estimate of drug-likeness (QED) is 0.237. The van der Waals surface area contributed by atoms with E-state index in [9.17, 15) is 4.79 Å². The van der Waals surface area contributed by atoms with Crippen molar-refractivity contribution >= 4 is 28.1 Å². The number of ether oxygens (including phenoxy) is 1. The molecule has 5 aromatic rings. The first-order valence-corrected chi connectivity index (χ1v) is 15.6. The maximum atomic E-state index is 13.5. The Morgan fingerprint density at radius 3 is 2.82 bits per heavy atom. The summed E-state index contributed by atoms with van der Waals surface area (Å²) < 4.78 is 9.80. The van der Waals surface area contributed by atoms with Crippen LogP contribution in [0.2, 0.25) is 0 Å². The largest absolute Gasteiger partial charge is 0.492 e. The van der Waals surface area contributed by atoms with Gasteiger partial charge in [-0.15, -0.1) is 0 Å². The van der Waals surface area contributed by atoms with Crippen LogP contribution in [-0.4, -0.2) is 85.7 Å². The third-order valence-corrected chi connectivity index (χ3v) is 8.90. The zero-order chi connectivity index (χ0) is 30.8. The molecule has 1 aromatic carbocycles. The Balaban J connectivity index is 1.15. The van der Waals surface area contributed by atoms with Crippen LogP contribution < -0.4 is 10.1 Å². The van der Waals surface area contributed by atoms with E-state index in [4.69, 9.17) is 14.8 Å². The average molecular weight is 595 g/mol. The minimum Gasteiger partial charge on any atom is -0.492 e. The smallest absolute Gasteiger partial charge is 0.274 e. The minimum atomic E-state index is -0.238. The molecule has 1 saturated heterocycles. The number of nitrogens with zero attached hydrogens (tertiary/aromatic N) is 7. The second kappa shape index (κ2) is 12.8. The van der Waals surface area contributed by atoms with Crippen molar-refractivity contribution in [1.82, 2.24) is 33.9 Å². The lowest BCUT2D eigenvalue weighted by Crippen LogP contribution is -2.50. The molecule has 10 heteroatoms. The molecule has 44 heavy (non-hydrogen) atoms. The molecule has 0 radical (unpaired) electrons. The number of benzene rings is 1. The van der Waals surface area contributed by atoms with Crippen LogP contribution in [0.5, 0.6) is 5.75 Å². The fourth-order valence-corrected chi connectivity index (χ4v) is 5.89. The number of imidazole rings is 1. The number of anilines is 1. The van der Waals surface area contributed by atoms with Gasteiger partial charge in [0.05, 0.1) is 35.3 Å². The van der Waals surface area contributed by atoms with Crippen molar-refractivity contribution < 1.29 is 9.53 Å². The number of pyridine rings is 2. The van der Waals surface area contributed by atoms with Crippen molar-refractivity contribution in [3.63, 3.8) is 0 Å². The molecule has 0 bridgehead atoms. The van der Waals surface area contributed by atoms with Gasteiger partial charge >= 0.3 is 0 Å². The van der Waals surface area contributed by atoms with Crippen molar-refractivity contribution in [1.29, 1.82) is 0 Å². The van der Waals surface area contributed by atoms with Crippen LogP contribution in [0.25, 0.3) is 16.6 Å². The number of carbonyl (C=O) groups is 1. The molecule has 1 aliphatic heterocycles. The Kier molecular flexibility index (Phi) is 8.63. The number of nitrogens with one attached hydrogen (secondary N) is 1. The van der Waals surface area contributed by atoms with Gasteiger partial charge in [0.15, 0.2) is 0 Å². The van der Waals surface area contributed by atoms with Crippen molar-refractivity contribution in [3.05, 3.63) is 83.7 Å². The standard InChI is InChI=1S/C34H42N8O2/c1-6-23(2)28-10-7-9-26(36-28)22-42-30-12-8-11-29(33(30)25(4)38-42)37-34(43)31-20-35-32-19-27(13-14-41(31)32)44-18-17-40-16-15-39(5)24(3)21-40/h7-14,19-20,23-24H,6,15-18,21-22H2,1-5H3,(H,37,43). The summed E-state index contributed by atoms with van der Waals surface area (Å²) >= 11 is 0. The highest BCUT2D eigenvalue weighted by Gasteiger charge is 2.21. The summed E-state index contributed by atoms with van der Waals surface area (Å²) in [5, 5.41) is 8.85. The van der Waals surface area contributed by atoms with E-state index in [0.29, 0.717) is 42.1 Å². The fourth-order valence-electron chi connectivity index (χ4n) is 5.89. The molecule has 230 valence electrons. The van der Waals surface area contributed by atoms with Crippen molar-refractivity contribution in [3.8, 4) is 5.75 Å². The number of aromatic nitrogens is 5. The van der Waals surface area contributed by atoms with Crippen LogP contribution in [0.3, 0.4) is 0 Å². The predicted molar refractivity (Wildman–Crippen MR) is 174 cm³/mol. The van der Waals surface area contributed by atoms with Crippen molar-refractivity contribution in [2.24, 2.45) is 0 Å². The Bertz CT molecular complexity index is 1780. The number of carbonyl (C=O) groups excluding carboxylic acids is 1. The monoisotopic (exact) mass is 594 g/mol. The van der Waals surface area contributed by atoms with Gasteiger partial charge in [-0.3, -0.25) is 23.8 Å². The van der Waals surface area contributed by atoms with Crippen LogP contribution in [0, 0.1) is 6.92 Å². The molecule has 1 aliphatic rings. The first-order chi connectivity index (χ1) is 21.3. The summed E-state index contributed by atoms with van der Waals surface area (Å²) in [6, 6.07) is 16.4. The van der Waals surface area contributed by atoms with Crippen molar-refractivity contribution in [2.75, 3.05) is 45.2 Å².